The molecule has 100 valence electrons. The minimum absolute atomic E-state index is 0.573. The molecule has 0 aliphatic heterocycles. The maximum absolute atomic E-state index is 4.60. The maximum Gasteiger partial charge on any atom is 0.153 e. The van der Waals surface area contributed by atoms with Gasteiger partial charge in [-0.05, 0) is 31.9 Å². The summed E-state index contributed by atoms with van der Waals surface area (Å²) < 4.78 is 0. The molecule has 1 fully saturated rings. The van der Waals surface area contributed by atoms with Crippen LogP contribution < -0.4 is 5.32 Å². The number of benzene rings is 1. The Kier molecular flexibility index (Phi) is 3.49. The van der Waals surface area contributed by atoms with E-state index in [1.54, 1.807) is 0 Å². The van der Waals surface area contributed by atoms with Crippen LogP contribution >= 0.6 is 0 Å². The molecule has 0 amide bonds. The van der Waals surface area contributed by atoms with Crippen LogP contribution in [-0.2, 0) is 6.54 Å². The van der Waals surface area contributed by atoms with Crippen LogP contribution in [-0.4, -0.2) is 15.2 Å². The van der Waals surface area contributed by atoms with Crippen molar-refractivity contribution in [3.05, 3.63) is 41.5 Å². The number of nitrogens with one attached hydrogen (secondary N) is 2. The molecule has 4 heteroatoms. The van der Waals surface area contributed by atoms with Gasteiger partial charge in [-0.2, -0.15) is 5.10 Å². The van der Waals surface area contributed by atoms with Crippen LogP contribution in [0.15, 0.2) is 24.3 Å². The standard InChI is InChI=1S/C15H20N4/c1-11-6-8-13(9-7-11)16-10-14-17-15(19-18-14)12-4-2-3-5-12/h6-9,12,16H,2-5,10H2,1H3,(H,17,18,19). The summed E-state index contributed by atoms with van der Waals surface area (Å²) in [6, 6.07) is 8.38. The summed E-state index contributed by atoms with van der Waals surface area (Å²) in [6.07, 6.45) is 5.11. The molecule has 1 saturated carbocycles. The van der Waals surface area contributed by atoms with Crippen LogP contribution in [0.1, 0.15) is 48.8 Å². The molecule has 2 N–H and O–H groups in total. The number of hydrogen-bond acceptors (Lipinski definition) is 3. The Balaban J connectivity index is 1.59. The van der Waals surface area contributed by atoms with Crippen LogP contribution in [0.4, 0.5) is 5.69 Å². The molecule has 0 atom stereocenters. The van der Waals surface area contributed by atoms with Gasteiger partial charge in [0.2, 0.25) is 0 Å². The first-order valence-corrected chi connectivity index (χ1v) is 7.03. The first kappa shape index (κ1) is 12.2. The summed E-state index contributed by atoms with van der Waals surface area (Å²) in [6.45, 7) is 2.79. The van der Waals surface area contributed by atoms with Crippen molar-refractivity contribution in [3.63, 3.8) is 0 Å². The lowest BCUT2D eigenvalue weighted by molar-refractivity contribution is 0.671. The van der Waals surface area contributed by atoms with Crippen molar-refractivity contribution >= 4 is 5.69 Å². The zero-order valence-electron chi connectivity index (χ0n) is 11.3. The molecule has 0 bridgehead atoms. The quantitative estimate of drug-likeness (QED) is 0.881. The molecule has 2 aromatic rings. The average molecular weight is 256 g/mol. The van der Waals surface area contributed by atoms with Gasteiger partial charge < -0.3 is 5.32 Å². The van der Waals surface area contributed by atoms with Crippen LogP contribution in [0.5, 0.6) is 0 Å². The number of aromatic amines is 1. The van der Waals surface area contributed by atoms with Crippen molar-refractivity contribution in [1.82, 2.24) is 15.2 Å². The fourth-order valence-corrected chi connectivity index (χ4v) is 2.61. The molecule has 0 radical (unpaired) electrons. The summed E-state index contributed by atoms with van der Waals surface area (Å²) in [5.41, 5.74) is 2.39. The highest BCUT2D eigenvalue weighted by Gasteiger charge is 2.20. The first-order chi connectivity index (χ1) is 9.31. The molecule has 1 aromatic carbocycles. The molecule has 1 aromatic heterocycles. The van der Waals surface area contributed by atoms with Gasteiger partial charge in [0.05, 0.1) is 6.54 Å². The number of aromatic nitrogens is 3. The summed E-state index contributed by atoms with van der Waals surface area (Å²) in [5, 5.41) is 10.7. The van der Waals surface area contributed by atoms with Gasteiger partial charge in [0.15, 0.2) is 5.82 Å². The number of hydrogen-bond donors (Lipinski definition) is 2. The van der Waals surface area contributed by atoms with E-state index in [0.29, 0.717) is 12.5 Å². The molecule has 1 heterocycles. The molecular weight excluding hydrogens is 236 g/mol. The maximum atomic E-state index is 4.60. The van der Waals surface area contributed by atoms with Crippen molar-refractivity contribution < 1.29 is 0 Å². The van der Waals surface area contributed by atoms with Crippen molar-refractivity contribution in [2.75, 3.05) is 5.32 Å². The lowest BCUT2D eigenvalue weighted by atomic mass is 10.1. The normalized spacial score (nSPS) is 15.8. The predicted molar refractivity (Wildman–Crippen MR) is 76.1 cm³/mol. The summed E-state index contributed by atoms with van der Waals surface area (Å²) >= 11 is 0. The molecular formula is C15H20N4. The predicted octanol–water partition coefficient (Wildman–Crippen LogP) is 3.38. The van der Waals surface area contributed by atoms with E-state index in [-0.39, 0.29) is 0 Å². The SMILES string of the molecule is Cc1ccc(NCc2nc(C3CCCC3)n[nH]2)cc1. The second-order valence-electron chi connectivity index (χ2n) is 5.34. The number of aryl methyl sites for hydroxylation is 1. The highest BCUT2D eigenvalue weighted by atomic mass is 15.2. The van der Waals surface area contributed by atoms with Gasteiger partial charge in [-0.25, -0.2) is 4.98 Å². The average Bonchev–Trinajstić information content (AvgIpc) is 3.09. The summed E-state index contributed by atoms with van der Waals surface area (Å²) in [7, 11) is 0. The van der Waals surface area contributed by atoms with Crippen LogP contribution in [0.25, 0.3) is 0 Å². The number of H-pyrrole nitrogens is 1. The third-order valence-electron chi connectivity index (χ3n) is 3.78. The largest absolute Gasteiger partial charge is 0.378 e. The van der Waals surface area contributed by atoms with E-state index >= 15 is 0 Å². The number of rotatable bonds is 4. The Morgan fingerprint density at radius 2 is 1.95 bits per heavy atom. The van der Waals surface area contributed by atoms with Crippen LogP contribution in [0.3, 0.4) is 0 Å². The third kappa shape index (κ3) is 2.95. The fraction of sp³-hybridized carbons (Fsp3) is 0.467. The highest BCUT2D eigenvalue weighted by Crippen LogP contribution is 2.31. The molecule has 1 aliphatic carbocycles. The lowest BCUT2D eigenvalue weighted by Crippen LogP contribution is -2.01. The fourth-order valence-electron chi connectivity index (χ4n) is 2.61. The zero-order valence-corrected chi connectivity index (χ0v) is 11.3. The Labute approximate surface area is 113 Å². The van der Waals surface area contributed by atoms with E-state index in [4.69, 9.17) is 0 Å². The summed E-state index contributed by atoms with van der Waals surface area (Å²) in [4.78, 5) is 4.60. The first-order valence-electron chi connectivity index (χ1n) is 7.03. The Morgan fingerprint density at radius 3 is 2.68 bits per heavy atom. The second kappa shape index (κ2) is 5.43. The zero-order chi connectivity index (χ0) is 13.1. The third-order valence-corrected chi connectivity index (χ3v) is 3.78. The minimum atomic E-state index is 0.573. The van der Waals surface area contributed by atoms with Gasteiger partial charge in [0.1, 0.15) is 5.82 Å². The van der Waals surface area contributed by atoms with E-state index in [1.165, 1.54) is 31.2 Å². The van der Waals surface area contributed by atoms with Gasteiger partial charge in [0, 0.05) is 11.6 Å². The van der Waals surface area contributed by atoms with E-state index in [2.05, 4.69) is 51.7 Å². The van der Waals surface area contributed by atoms with Crippen molar-refractivity contribution in [2.24, 2.45) is 0 Å². The lowest BCUT2D eigenvalue weighted by Gasteiger charge is -2.04. The van der Waals surface area contributed by atoms with Crippen molar-refractivity contribution in [3.8, 4) is 0 Å². The highest BCUT2D eigenvalue weighted by molar-refractivity contribution is 5.44. The molecule has 0 unspecified atom stereocenters. The smallest absolute Gasteiger partial charge is 0.153 e. The van der Waals surface area contributed by atoms with Crippen LogP contribution in [0, 0.1) is 6.92 Å². The molecule has 19 heavy (non-hydrogen) atoms. The van der Waals surface area contributed by atoms with Gasteiger partial charge in [-0.15, -0.1) is 0 Å². The Bertz CT molecular complexity index is 523. The summed E-state index contributed by atoms with van der Waals surface area (Å²) in [5.74, 6) is 2.49. The van der Waals surface area contributed by atoms with Gasteiger partial charge in [-0.1, -0.05) is 30.5 Å². The van der Waals surface area contributed by atoms with Gasteiger partial charge in [-0.3, -0.25) is 5.10 Å². The van der Waals surface area contributed by atoms with Crippen molar-refractivity contribution in [2.45, 2.75) is 45.1 Å². The second-order valence-corrected chi connectivity index (χ2v) is 5.34. The van der Waals surface area contributed by atoms with Crippen molar-refractivity contribution in [1.29, 1.82) is 0 Å². The Hall–Kier alpha value is -1.84. The molecule has 0 saturated heterocycles. The van der Waals surface area contributed by atoms with E-state index in [0.717, 1.165) is 17.3 Å². The topological polar surface area (TPSA) is 53.6 Å². The Morgan fingerprint density at radius 1 is 1.21 bits per heavy atom. The minimum Gasteiger partial charge on any atom is -0.378 e. The molecule has 1 aliphatic rings. The van der Waals surface area contributed by atoms with Crippen LogP contribution in [0.2, 0.25) is 0 Å². The van der Waals surface area contributed by atoms with E-state index in [9.17, 15) is 0 Å². The number of nitrogens with zero attached hydrogens (tertiary/aromatic N) is 2. The number of anilines is 1. The molecule has 0 spiro atoms. The molecule has 4 nitrogen and oxygen atoms in total. The van der Waals surface area contributed by atoms with Gasteiger partial charge >= 0.3 is 0 Å². The molecule has 3 rings (SSSR count). The van der Waals surface area contributed by atoms with E-state index < -0.39 is 0 Å². The van der Waals surface area contributed by atoms with Gasteiger partial charge in [0.25, 0.3) is 0 Å². The van der Waals surface area contributed by atoms with E-state index in [1.807, 2.05) is 0 Å². The monoisotopic (exact) mass is 256 g/mol.